The van der Waals surface area contributed by atoms with Gasteiger partial charge in [-0.15, -0.1) is 0 Å². The van der Waals surface area contributed by atoms with Gasteiger partial charge in [0.25, 0.3) is 0 Å². The second-order valence-corrected chi connectivity index (χ2v) is 10.6. The number of rotatable bonds is 13. The molecular formula is C35H41N7+2. The largest absolute Gasteiger partial charge is 0.301 e. The molecule has 0 N–H and O–H groups in total. The molecule has 0 fully saturated rings. The van der Waals surface area contributed by atoms with Gasteiger partial charge in [-0.3, -0.25) is 10.0 Å². The Morgan fingerprint density at radius 2 is 1.31 bits per heavy atom. The molecule has 42 heavy (non-hydrogen) atoms. The number of aromatic nitrogens is 3. The molecule has 2 heterocycles. The SMILES string of the molecule is CN(N=Cc1cc[n+](CCCCCCn2cc[n+](C)c2C=NN(C)c2ccccc2)c2ccccc12)c1ccccc1. The van der Waals surface area contributed by atoms with Crippen LogP contribution in [0.1, 0.15) is 37.1 Å². The van der Waals surface area contributed by atoms with Crippen LogP contribution in [0.4, 0.5) is 11.4 Å². The topological polar surface area (TPSA) is 43.9 Å². The van der Waals surface area contributed by atoms with E-state index >= 15 is 0 Å². The lowest BCUT2D eigenvalue weighted by molar-refractivity contribution is -0.672. The number of aryl methyl sites for hydroxylation is 3. The van der Waals surface area contributed by atoms with Gasteiger partial charge in [0, 0.05) is 38.2 Å². The van der Waals surface area contributed by atoms with Crippen LogP contribution >= 0.6 is 0 Å². The van der Waals surface area contributed by atoms with Crippen molar-refractivity contribution in [2.75, 3.05) is 24.1 Å². The maximum atomic E-state index is 4.69. The Balaban J connectivity index is 1.13. The number of hydrogen-bond donors (Lipinski definition) is 0. The molecule has 0 bridgehead atoms. The zero-order valence-corrected chi connectivity index (χ0v) is 24.9. The maximum Gasteiger partial charge on any atom is 0.301 e. The number of pyridine rings is 1. The van der Waals surface area contributed by atoms with E-state index < -0.39 is 0 Å². The zero-order chi connectivity index (χ0) is 29.1. The van der Waals surface area contributed by atoms with Gasteiger partial charge in [-0.1, -0.05) is 48.5 Å². The first-order valence-corrected chi connectivity index (χ1v) is 14.7. The summed E-state index contributed by atoms with van der Waals surface area (Å²) < 4.78 is 6.79. The predicted octanol–water partition coefficient (Wildman–Crippen LogP) is 5.95. The van der Waals surface area contributed by atoms with Crippen molar-refractivity contribution >= 4 is 34.7 Å². The van der Waals surface area contributed by atoms with Crippen molar-refractivity contribution < 1.29 is 9.13 Å². The van der Waals surface area contributed by atoms with Crippen molar-refractivity contribution in [3.8, 4) is 0 Å². The number of unbranched alkanes of at least 4 members (excludes halogenated alkanes) is 3. The number of nitrogens with zero attached hydrogens (tertiary/aromatic N) is 7. The third-order valence-corrected chi connectivity index (χ3v) is 7.61. The summed E-state index contributed by atoms with van der Waals surface area (Å²) in [5.41, 5.74) is 4.50. The van der Waals surface area contributed by atoms with Crippen LogP contribution in [0.3, 0.4) is 0 Å². The average molecular weight is 560 g/mol. The first kappa shape index (κ1) is 28.7. The first-order valence-electron chi connectivity index (χ1n) is 14.7. The Hall–Kier alpha value is -4.78. The minimum atomic E-state index is 0.985. The van der Waals surface area contributed by atoms with Crippen LogP contribution < -0.4 is 19.2 Å². The number of fused-ring (bicyclic) bond motifs is 1. The van der Waals surface area contributed by atoms with E-state index in [1.165, 1.54) is 23.7 Å². The highest BCUT2D eigenvalue weighted by Crippen LogP contribution is 2.16. The maximum absolute atomic E-state index is 4.69. The van der Waals surface area contributed by atoms with Gasteiger partial charge in [0.15, 0.2) is 6.20 Å². The van der Waals surface area contributed by atoms with Gasteiger partial charge in [-0.2, -0.15) is 14.8 Å². The summed E-state index contributed by atoms with van der Waals surface area (Å²) in [6.07, 6.45) is 15.0. The van der Waals surface area contributed by atoms with E-state index in [1.807, 2.05) is 72.9 Å². The van der Waals surface area contributed by atoms with E-state index in [4.69, 9.17) is 5.10 Å². The van der Waals surface area contributed by atoms with Crippen molar-refractivity contribution in [3.05, 3.63) is 121 Å². The molecule has 0 atom stereocenters. The minimum absolute atomic E-state index is 0.985. The van der Waals surface area contributed by atoms with Crippen LogP contribution in [-0.2, 0) is 20.1 Å². The van der Waals surface area contributed by atoms with Crippen LogP contribution in [0.25, 0.3) is 10.9 Å². The monoisotopic (exact) mass is 559 g/mol. The highest BCUT2D eigenvalue weighted by Gasteiger charge is 2.14. The molecule has 0 saturated heterocycles. The third-order valence-electron chi connectivity index (χ3n) is 7.61. The third kappa shape index (κ3) is 7.29. The molecule has 0 aliphatic heterocycles. The van der Waals surface area contributed by atoms with Crippen molar-refractivity contribution in [1.29, 1.82) is 0 Å². The number of anilines is 2. The van der Waals surface area contributed by atoms with Gasteiger partial charge in [0.05, 0.1) is 36.6 Å². The summed E-state index contributed by atoms with van der Waals surface area (Å²) in [6.45, 7) is 1.99. The number of para-hydroxylation sites is 3. The standard InChI is InChI=1S/C35H41N7/c1-38-26-27-42(35(38)29-37-40(3)32-18-10-7-11-19-32)24-15-5-4-14-23-41-25-22-30(33-20-12-13-21-34(33)41)28-36-39(2)31-16-8-6-9-17-31/h6-13,16-22,25-29H,4-5,14-15,23-24H2,1-3H3/q+2. The lowest BCUT2D eigenvalue weighted by Crippen LogP contribution is -2.34. The molecule has 3 aromatic carbocycles. The van der Waals surface area contributed by atoms with E-state index in [1.54, 1.807) is 0 Å². The molecule has 0 saturated carbocycles. The van der Waals surface area contributed by atoms with E-state index in [0.717, 1.165) is 48.7 Å². The van der Waals surface area contributed by atoms with Crippen molar-refractivity contribution in [2.45, 2.75) is 38.8 Å². The summed E-state index contributed by atoms with van der Waals surface area (Å²) in [5, 5.41) is 14.4. The molecule has 0 aliphatic rings. The lowest BCUT2D eigenvalue weighted by Gasteiger charge is -2.12. The van der Waals surface area contributed by atoms with Gasteiger partial charge < -0.3 is 0 Å². The van der Waals surface area contributed by atoms with Crippen molar-refractivity contribution in [2.24, 2.45) is 17.3 Å². The van der Waals surface area contributed by atoms with Crippen molar-refractivity contribution in [3.63, 3.8) is 0 Å². The molecule has 0 amide bonds. The average Bonchev–Trinajstić information content (AvgIpc) is 3.39. The van der Waals surface area contributed by atoms with Crippen LogP contribution in [-0.4, -0.2) is 31.1 Å². The van der Waals surface area contributed by atoms with Gasteiger partial charge in [-0.05, 0) is 49.6 Å². The molecule has 7 nitrogen and oxygen atoms in total. The highest BCUT2D eigenvalue weighted by atomic mass is 15.4. The van der Waals surface area contributed by atoms with E-state index in [2.05, 4.69) is 99.0 Å². The molecular weight excluding hydrogens is 518 g/mol. The van der Waals surface area contributed by atoms with Gasteiger partial charge in [0.2, 0.25) is 5.52 Å². The van der Waals surface area contributed by atoms with Crippen LogP contribution in [0.5, 0.6) is 0 Å². The molecule has 2 aromatic heterocycles. The number of hydrazone groups is 2. The highest BCUT2D eigenvalue weighted by molar-refractivity contribution is 5.97. The normalized spacial score (nSPS) is 11.6. The number of hydrogen-bond acceptors (Lipinski definition) is 4. The van der Waals surface area contributed by atoms with Crippen molar-refractivity contribution in [1.82, 2.24) is 4.57 Å². The Labute approximate surface area is 249 Å². The first-order chi connectivity index (χ1) is 20.6. The number of imidazole rings is 1. The molecule has 0 radical (unpaired) electrons. The molecule has 7 heteroatoms. The summed E-state index contributed by atoms with van der Waals surface area (Å²) in [5.74, 6) is 1.10. The minimum Gasteiger partial charge on any atom is -0.269 e. The molecule has 0 unspecified atom stereocenters. The molecule has 0 aliphatic carbocycles. The predicted molar refractivity (Wildman–Crippen MR) is 173 cm³/mol. The molecule has 0 spiro atoms. The molecule has 5 aromatic rings. The Morgan fingerprint density at radius 3 is 2.02 bits per heavy atom. The number of benzene rings is 3. The Morgan fingerprint density at radius 1 is 0.690 bits per heavy atom. The fourth-order valence-electron chi connectivity index (χ4n) is 5.13. The Bertz CT molecular complexity index is 1620. The molecule has 214 valence electrons. The Kier molecular flexibility index (Phi) is 9.73. The van der Waals surface area contributed by atoms with E-state index in [0.29, 0.717) is 0 Å². The quantitative estimate of drug-likeness (QED) is 0.0774. The summed E-state index contributed by atoms with van der Waals surface area (Å²) >= 11 is 0. The van der Waals surface area contributed by atoms with Crippen LogP contribution in [0.15, 0.2) is 120 Å². The summed E-state index contributed by atoms with van der Waals surface area (Å²) in [6, 6.07) is 31.2. The fraction of sp³-hybridized carbons (Fsp3) is 0.257. The van der Waals surface area contributed by atoms with E-state index in [-0.39, 0.29) is 0 Å². The second-order valence-electron chi connectivity index (χ2n) is 10.6. The van der Waals surface area contributed by atoms with Gasteiger partial charge in [0.1, 0.15) is 25.2 Å². The van der Waals surface area contributed by atoms with Gasteiger partial charge in [-0.25, -0.2) is 9.13 Å². The zero-order valence-electron chi connectivity index (χ0n) is 24.9. The molecule has 5 rings (SSSR count). The summed E-state index contributed by atoms with van der Waals surface area (Å²) in [4.78, 5) is 0. The van der Waals surface area contributed by atoms with Crippen LogP contribution in [0, 0.1) is 0 Å². The van der Waals surface area contributed by atoms with Gasteiger partial charge >= 0.3 is 5.82 Å². The lowest BCUT2D eigenvalue weighted by atomic mass is 10.1. The van der Waals surface area contributed by atoms with E-state index in [9.17, 15) is 0 Å². The van der Waals surface area contributed by atoms with Crippen LogP contribution in [0.2, 0.25) is 0 Å². The smallest absolute Gasteiger partial charge is 0.269 e. The second kappa shape index (κ2) is 14.2. The summed E-state index contributed by atoms with van der Waals surface area (Å²) in [7, 11) is 6.03. The fourth-order valence-corrected chi connectivity index (χ4v) is 5.13.